The second kappa shape index (κ2) is 9.47. The Kier molecular flexibility index (Phi) is 6.36. The Morgan fingerprint density at radius 3 is 2.82 bits per heavy atom. The highest BCUT2D eigenvalue weighted by Crippen LogP contribution is 2.66. The van der Waals surface area contributed by atoms with E-state index in [0.29, 0.717) is 29.9 Å². The van der Waals surface area contributed by atoms with Gasteiger partial charge in [0.05, 0.1) is 15.5 Å². The van der Waals surface area contributed by atoms with Crippen LogP contribution in [0.15, 0.2) is 30.3 Å². The van der Waals surface area contributed by atoms with Gasteiger partial charge in [-0.25, -0.2) is 4.98 Å². The summed E-state index contributed by atoms with van der Waals surface area (Å²) in [6.45, 7) is 6.88. The molecule has 1 aromatic heterocycles. The van der Waals surface area contributed by atoms with Crippen molar-refractivity contribution in [2.24, 2.45) is 28.6 Å². The van der Waals surface area contributed by atoms with Crippen LogP contribution in [0.3, 0.4) is 0 Å². The van der Waals surface area contributed by atoms with Crippen molar-refractivity contribution in [2.45, 2.75) is 84.7 Å². The third kappa shape index (κ3) is 3.98. The molecule has 0 saturated heterocycles. The smallest absolute Gasteiger partial charge is 0.306 e. The average molecular weight is 536 g/mol. The molecule has 0 unspecified atom stereocenters. The zero-order chi connectivity index (χ0) is 26.7. The van der Waals surface area contributed by atoms with Crippen molar-refractivity contribution in [2.75, 3.05) is 5.32 Å². The Balaban J connectivity index is 1.26. The molecule has 2 aromatic rings. The number of carbonyl (C=O) groups is 1. The van der Waals surface area contributed by atoms with Crippen molar-refractivity contribution in [3.05, 3.63) is 51.0 Å². The number of esters is 1. The molecule has 2 fully saturated rings. The van der Waals surface area contributed by atoms with Crippen LogP contribution in [-0.4, -0.2) is 22.0 Å². The van der Waals surface area contributed by atoms with Crippen LogP contribution in [0.5, 0.6) is 0 Å². The van der Waals surface area contributed by atoms with Crippen LogP contribution < -0.4 is 5.32 Å². The Labute approximate surface area is 228 Å². The number of aromatic nitrogens is 1. The first kappa shape index (κ1) is 25.5. The van der Waals surface area contributed by atoms with E-state index in [1.807, 2.05) is 6.92 Å². The first-order valence-corrected chi connectivity index (χ1v) is 15.0. The van der Waals surface area contributed by atoms with Gasteiger partial charge >= 0.3 is 5.97 Å². The van der Waals surface area contributed by atoms with Crippen LogP contribution in [0.2, 0.25) is 0 Å². The van der Waals surface area contributed by atoms with Gasteiger partial charge in [0.15, 0.2) is 5.13 Å². The molecule has 1 N–H and O–H groups in total. The number of hydrogen-bond donors (Lipinski definition) is 1. The SMILES string of the molecule is CCCC(=O)O[C@H]1CC[C@H]2[C@@H]3CC=C4c5sc(Nc6ccccc6[N+](=O)[O-])nc5CC[C@]4(C)[C@H]3CC[C@]12C. The predicted octanol–water partition coefficient (Wildman–Crippen LogP) is 7.69. The molecule has 202 valence electrons. The molecule has 4 aliphatic rings. The van der Waals surface area contributed by atoms with Crippen LogP contribution in [0.25, 0.3) is 5.57 Å². The summed E-state index contributed by atoms with van der Waals surface area (Å²) >= 11 is 1.63. The van der Waals surface area contributed by atoms with Gasteiger partial charge in [-0.1, -0.05) is 50.3 Å². The summed E-state index contributed by atoms with van der Waals surface area (Å²) in [5.41, 5.74) is 3.27. The third-order valence-electron chi connectivity index (χ3n) is 10.3. The van der Waals surface area contributed by atoms with Gasteiger partial charge in [0.1, 0.15) is 11.8 Å². The van der Waals surface area contributed by atoms with Crippen molar-refractivity contribution in [3.8, 4) is 0 Å². The van der Waals surface area contributed by atoms with Crippen LogP contribution in [0.1, 0.15) is 82.7 Å². The minimum absolute atomic E-state index is 0.0328. The highest BCUT2D eigenvalue weighted by molar-refractivity contribution is 7.16. The second-order valence-corrected chi connectivity index (χ2v) is 13.2. The monoisotopic (exact) mass is 535 g/mol. The van der Waals surface area contributed by atoms with Gasteiger partial charge in [-0.3, -0.25) is 14.9 Å². The standard InChI is InChI=1S/C30H37N3O4S/c1-4-7-26(34)37-25-13-12-19-18-10-11-21-27-23(15-17-29(21,2)20(18)14-16-30(19,25)3)32-28(38-27)31-22-8-5-6-9-24(22)33(35)36/h5-6,8-9,11,18-20,25H,4,7,10,12-17H2,1-3H3,(H,31,32)/t18-,19-,20-,25-,29+,30-/m0/s1. The molecular formula is C30H37N3O4S. The Morgan fingerprint density at radius 2 is 2.03 bits per heavy atom. The van der Waals surface area contributed by atoms with Gasteiger partial charge in [-0.2, -0.15) is 0 Å². The molecule has 0 radical (unpaired) electrons. The van der Waals surface area contributed by atoms with Crippen molar-refractivity contribution >= 4 is 39.4 Å². The maximum atomic E-state index is 12.3. The number of nitro groups is 1. The van der Waals surface area contributed by atoms with E-state index in [4.69, 9.17) is 9.72 Å². The summed E-state index contributed by atoms with van der Waals surface area (Å²) in [5.74, 6) is 1.80. The molecule has 6 atom stereocenters. The van der Waals surface area contributed by atoms with E-state index in [-0.39, 0.29) is 33.5 Å². The second-order valence-electron chi connectivity index (χ2n) is 12.2. The number of aryl methyl sites for hydroxylation is 1. The molecule has 38 heavy (non-hydrogen) atoms. The van der Waals surface area contributed by atoms with Crippen LogP contribution in [0.4, 0.5) is 16.5 Å². The summed E-state index contributed by atoms with van der Waals surface area (Å²) in [5, 5.41) is 15.4. The zero-order valence-electron chi connectivity index (χ0n) is 22.5. The van der Waals surface area contributed by atoms with Gasteiger partial charge in [0.2, 0.25) is 0 Å². The highest BCUT2D eigenvalue weighted by atomic mass is 32.1. The molecule has 1 aromatic carbocycles. The number of nitro benzene ring substituents is 1. The Morgan fingerprint density at radius 1 is 1.21 bits per heavy atom. The topological polar surface area (TPSA) is 94.4 Å². The molecule has 0 bridgehead atoms. The lowest BCUT2D eigenvalue weighted by atomic mass is 9.48. The van der Waals surface area contributed by atoms with Crippen molar-refractivity contribution < 1.29 is 14.5 Å². The normalized spacial score (nSPS) is 33.3. The molecular weight excluding hydrogens is 498 g/mol. The summed E-state index contributed by atoms with van der Waals surface area (Å²) < 4.78 is 6.05. The fourth-order valence-electron chi connectivity index (χ4n) is 8.35. The minimum atomic E-state index is -0.355. The quantitative estimate of drug-likeness (QED) is 0.231. The maximum Gasteiger partial charge on any atom is 0.306 e. The van der Waals surface area contributed by atoms with Crippen LogP contribution in [-0.2, 0) is 16.0 Å². The van der Waals surface area contributed by atoms with E-state index in [2.05, 4.69) is 25.2 Å². The molecule has 7 nitrogen and oxygen atoms in total. The highest BCUT2D eigenvalue weighted by Gasteiger charge is 2.60. The molecule has 0 amide bonds. The first-order chi connectivity index (χ1) is 18.2. The number of ether oxygens (including phenoxy) is 1. The summed E-state index contributed by atoms with van der Waals surface area (Å²) in [6.07, 6.45) is 11.4. The fourth-order valence-corrected chi connectivity index (χ4v) is 9.55. The molecule has 1 heterocycles. The first-order valence-electron chi connectivity index (χ1n) is 14.1. The lowest BCUT2D eigenvalue weighted by Crippen LogP contribution is -2.50. The van der Waals surface area contributed by atoms with Gasteiger partial charge in [0.25, 0.3) is 5.69 Å². The molecule has 4 aliphatic carbocycles. The van der Waals surface area contributed by atoms with Gasteiger partial charge < -0.3 is 10.1 Å². The number of para-hydroxylation sites is 2. The predicted molar refractivity (Wildman–Crippen MR) is 149 cm³/mol. The number of fused-ring (bicyclic) bond motifs is 7. The van der Waals surface area contributed by atoms with Gasteiger partial charge in [-0.05, 0) is 86.2 Å². The van der Waals surface area contributed by atoms with Crippen LogP contribution in [0, 0.1) is 38.7 Å². The molecule has 0 spiro atoms. The van der Waals surface area contributed by atoms with Crippen molar-refractivity contribution in [1.82, 2.24) is 4.98 Å². The summed E-state index contributed by atoms with van der Waals surface area (Å²) in [4.78, 5) is 29.6. The van der Waals surface area contributed by atoms with Crippen molar-refractivity contribution in [1.29, 1.82) is 0 Å². The zero-order valence-corrected chi connectivity index (χ0v) is 23.3. The Bertz CT molecular complexity index is 1300. The van der Waals surface area contributed by atoms with E-state index in [0.717, 1.165) is 55.8 Å². The van der Waals surface area contributed by atoms with E-state index < -0.39 is 0 Å². The fraction of sp³-hybridized carbons (Fsp3) is 0.600. The van der Waals surface area contributed by atoms with E-state index in [1.54, 1.807) is 29.5 Å². The number of rotatable bonds is 6. The van der Waals surface area contributed by atoms with E-state index >= 15 is 0 Å². The third-order valence-corrected chi connectivity index (χ3v) is 11.3. The largest absolute Gasteiger partial charge is 0.462 e. The number of carbonyl (C=O) groups excluding carboxylic acids is 1. The van der Waals surface area contributed by atoms with E-state index in [9.17, 15) is 14.9 Å². The Hall–Kier alpha value is -2.74. The number of allylic oxidation sites excluding steroid dienone is 2. The number of thiazole rings is 1. The molecule has 0 aliphatic heterocycles. The lowest BCUT2D eigenvalue weighted by Gasteiger charge is -2.56. The number of hydrogen-bond acceptors (Lipinski definition) is 7. The van der Waals surface area contributed by atoms with Gasteiger partial charge in [-0.15, -0.1) is 0 Å². The lowest BCUT2D eigenvalue weighted by molar-refractivity contribution is -0.383. The molecule has 6 rings (SSSR count). The summed E-state index contributed by atoms with van der Waals surface area (Å²) in [7, 11) is 0. The number of anilines is 2. The van der Waals surface area contributed by atoms with Crippen LogP contribution >= 0.6 is 11.3 Å². The average Bonchev–Trinajstić information content (AvgIpc) is 3.44. The number of nitrogens with zero attached hydrogens (tertiary/aromatic N) is 2. The van der Waals surface area contributed by atoms with Gasteiger partial charge in [0, 0.05) is 17.9 Å². The maximum absolute atomic E-state index is 12.3. The molecule has 8 heteroatoms. The minimum Gasteiger partial charge on any atom is -0.462 e. The summed E-state index contributed by atoms with van der Waals surface area (Å²) in [6, 6.07) is 6.74. The van der Waals surface area contributed by atoms with E-state index in [1.165, 1.54) is 22.9 Å². The number of benzene rings is 1. The number of nitrogens with one attached hydrogen (secondary N) is 1. The van der Waals surface area contributed by atoms with Crippen molar-refractivity contribution in [3.63, 3.8) is 0 Å². The molecule has 2 saturated carbocycles.